The zero-order chi connectivity index (χ0) is 9.52. The maximum absolute atomic E-state index is 5.78. The molecule has 0 fully saturated rings. The highest BCUT2D eigenvalue weighted by Crippen LogP contribution is 2.45. The molecule has 1 atom stereocenters. The minimum Gasteiger partial charge on any atom is -0.113 e. The molecule has 0 aromatic rings. The van der Waals surface area contributed by atoms with E-state index in [4.69, 9.17) is 69.6 Å². The Morgan fingerprint density at radius 1 is 1.17 bits per heavy atom. The van der Waals surface area contributed by atoms with Crippen LogP contribution in [0.2, 0.25) is 0 Å². The summed E-state index contributed by atoms with van der Waals surface area (Å²) in [5, 5.41) is -0.202. The van der Waals surface area contributed by atoms with Crippen LogP contribution in [0.3, 0.4) is 0 Å². The average molecular weight is 287 g/mol. The summed E-state index contributed by atoms with van der Waals surface area (Å²) in [5.74, 6) is 0. The Kier molecular flexibility index (Phi) is 3.54. The van der Waals surface area contributed by atoms with Crippen molar-refractivity contribution >= 4 is 69.6 Å². The van der Waals surface area contributed by atoms with Crippen molar-refractivity contribution in [3.05, 3.63) is 21.2 Å². The normalized spacial score (nSPS) is 28.8. The number of halogens is 6. The smallest absolute Gasteiger partial charge is 0.113 e. The largest absolute Gasteiger partial charge is 0.159 e. The molecule has 6 heteroatoms. The highest BCUT2D eigenvalue weighted by molar-refractivity contribution is 6.59. The molecule has 0 aromatic carbocycles. The van der Waals surface area contributed by atoms with Crippen molar-refractivity contribution in [2.75, 3.05) is 0 Å². The molecule has 0 saturated carbocycles. The quantitative estimate of drug-likeness (QED) is 0.571. The Hall–Kier alpha value is 1.22. The van der Waals surface area contributed by atoms with Crippen LogP contribution >= 0.6 is 69.6 Å². The van der Waals surface area contributed by atoms with Crippen LogP contribution in [0.5, 0.6) is 0 Å². The molecule has 1 aliphatic rings. The SMILES string of the molecule is ClC1=CC(Cl)(Cl)C(Cl)C(Cl)=C1Cl. The number of hydrogen-bond acceptors (Lipinski definition) is 0. The minimum atomic E-state index is -1.30. The second kappa shape index (κ2) is 3.76. The molecule has 0 spiro atoms. The van der Waals surface area contributed by atoms with Gasteiger partial charge in [-0.2, -0.15) is 0 Å². The van der Waals surface area contributed by atoms with Gasteiger partial charge in [0.25, 0.3) is 0 Å². The first kappa shape index (κ1) is 11.3. The standard InChI is InChI=1S/C6H2Cl6/c7-2-1-6(11,12)5(10)4(9)3(2)8/h1,5H. The van der Waals surface area contributed by atoms with Crippen LogP contribution in [0.15, 0.2) is 21.2 Å². The van der Waals surface area contributed by atoms with Crippen molar-refractivity contribution in [1.82, 2.24) is 0 Å². The summed E-state index contributed by atoms with van der Waals surface area (Å²) in [4.78, 5) is 0. The Morgan fingerprint density at radius 2 is 1.67 bits per heavy atom. The van der Waals surface area contributed by atoms with Crippen LogP contribution in [0.25, 0.3) is 0 Å². The van der Waals surface area contributed by atoms with Gasteiger partial charge in [-0.15, -0.1) is 11.6 Å². The van der Waals surface area contributed by atoms with Crippen LogP contribution in [-0.2, 0) is 0 Å². The third kappa shape index (κ3) is 2.00. The predicted octanol–water partition coefficient (Wildman–Crippen LogP) is 4.59. The maximum Gasteiger partial charge on any atom is 0.159 e. The molecule has 0 heterocycles. The Labute approximate surface area is 100.0 Å². The highest BCUT2D eigenvalue weighted by atomic mass is 35.5. The second-order valence-corrected chi connectivity index (χ2v) is 5.26. The van der Waals surface area contributed by atoms with E-state index in [1.54, 1.807) is 0 Å². The van der Waals surface area contributed by atoms with E-state index >= 15 is 0 Å². The van der Waals surface area contributed by atoms with E-state index in [0.717, 1.165) is 0 Å². The van der Waals surface area contributed by atoms with Crippen LogP contribution in [-0.4, -0.2) is 9.71 Å². The van der Waals surface area contributed by atoms with Gasteiger partial charge in [0.15, 0.2) is 4.33 Å². The van der Waals surface area contributed by atoms with Crippen LogP contribution in [0, 0.1) is 0 Å². The van der Waals surface area contributed by atoms with E-state index in [1.165, 1.54) is 6.08 Å². The maximum atomic E-state index is 5.78. The lowest BCUT2D eigenvalue weighted by atomic mass is 10.1. The molecule has 12 heavy (non-hydrogen) atoms. The Bertz CT molecular complexity index is 263. The van der Waals surface area contributed by atoms with E-state index in [2.05, 4.69) is 0 Å². The Balaban J connectivity index is 3.15. The van der Waals surface area contributed by atoms with Gasteiger partial charge in [-0.05, 0) is 6.08 Å². The number of alkyl halides is 3. The summed E-state index contributed by atoms with van der Waals surface area (Å²) in [6.07, 6.45) is 1.35. The van der Waals surface area contributed by atoms with E-state index in [9.17, 15) is 0 Å². The third-order valence-corrected chi connectivity index (χ3v) is 4.16. The van der Waals surface area contributed by atoms with Crippen molar-refractivity contribution in [2.45, 2.75) is 9.71 Å². The molecule has 0 N–H and O–H groups in total. The highest BCUT2D eigenvalue weighted by Gasteiger charge is 2.39. The third-order valence-electron chi connectivity index (χ3n) is 1.30. The first-order chi connectivity index (χ1) is 5.36. The summed E-state index contributed by atoms with van der Waals surface area (Å²) < 4.78 is -1.30. The van der Waals surface area contributed by atoms with Crippen molar-refractivity contribution in [3.8, 4) is 0 Å². The molecule has 0 aliphatic heterocycles. The molecular weight excluding hydrogens is 285 g/mol. The van der Waals surface area contributed by atoms with Gasteiger partial charge < -0.3 is 0 Å². The first-order valence-electron chi connectivity index (χ1n) is 2.82. The molecule has 1 aliphatic carbocycles. The lowest BCUT2D eigenvalue weighted by Crippen LogP contribution is -2.27. The zero-order valence-electron chi connectivity index (χ0n) is 5.42. The van der Waals surface area contributed by atoms with Crippen molar-refractivity contribution < 1.29 is 0 Å². The lowest BCUT2D eigenvalue weighted by molar-refractivity contribution is 0.946. The molecule has 0 bridgehead atoms. The van der Waals surface area contributed by atoms with E-state index in [1.807, 2.05) is 0 Å². The van der Waals surface area contributed by atoms with Gasteiger partial charge in [-0.25, -0.2) is 0 Å². The molecule has 0 nitrogen and oxygen atoms in total. The predicted molar refractivity (Wildman–Crippen MR) is 56.7 cm³/mol. The summed E-state index contributed by atoms with van der Waals surface area (Å²) in [6, 6.07) is 0. The van der Waals surface area contributed by atoms with Gasteiger partial charge >= 0.3 is 0 Å². The van der Waals surface area contributed by atoms with Gasteiger partial charge in [0.2, 0.25) is 0 Å². The van der Waals surface area contributed by atoms with Crippen molar-refractivity contribution in [3.63, 3.8) is 0 Å². The number of allylic oxidation sites excluding steroid dienone is 4. The second-order valence-electron chi connectivity index (χ2n) is 2.19. The fraction of sp³-hybridized carbons (Fsp3) is 0.333. The molecule has 0 amide bonds. The molecule has 0 radical (unpaired) electrons. The molecule has 0 aromatic heterocycles. The lowest BCUT2D eigenvalue weighted by Gasteiger charge is -2.26. The van der Waals surface area contributed by atoms with Crippen molar-refractivity contribution in [1.29, 1.82) is 0 Å². The van der Waals surface area contributed by atoms with Gasteiger partial charge in [-0.1, -0.05) is 58.0 Å². The summed E-state index contributed by atoms with van der Waals surface area (Å²) in [5.41, 5.74) is 0. The minimum absolute atomic E-state index is 0.163. The van der Waals surface area contributed by atoms with Gasteiger partial charge in [0.1, 0.15) is 5.38 Å². The molecule has 0 saturated heterocycles. The fourth-order valence-corrected chi connectivity index (χ4v) is 2.35. The topological polar surface area (TPSA) is 0 Å². The fourth-order valence-electron chi connectivity index (χ4n) is 0.700. The van der Waals surface area contributed by atoms with Gasteiger partial charge in [0, 0.05) is 0 Å². The first-order valence-corrected chi connectivity index (χ1v) is 5.14. The van der Waals surface area contributed by atoms with Crippen LogP contribution in [0.4, 0.5) is 0 Å². The van der Waals surface area contributed by atoms with Crippen LogP contribution in [0.1, 0.15) is 0 Å². The van der Waals surface area contributed by atoms with Crippen LogP contribution < -0.4 is 0 Å². The molecule has 68 valence electrons. The summed E-state index contributed by atoms with van der Waals surface area (Å²) in [7, 11) is 0. The monoisotopic (exact) mass is 284 g/mol. The molecule has 1 rings (SSSR count). The van der Waals surface area contributed by atoms with E-state index in [0.29, 0.717) is 0 Å². The van der Waals surface area contributed by atoms with E-state index in [-0.39, 0.29) is 15.1 Å². The average Bonchev–Trinajstić information content (AvgIpc) is 1.97. The van der Waals surface area contributed by atoms with Crippen molar-refractivity contribution in [2.24, 2.45) is 0 Å². The Morgan fingerprint density at radius 3 is 2.17 bits per heavy atom. The molecule has 1 unspecified atom stereocenters. The van der Waals surface area contributed by atoms with Gasteiger partial charge in [0.05, 0.1) is 15.1 Å². The summed E-state index contributed by atoms with van der Waals surface area (Å²) >= 11 is 34.4. The number of hydrogen-bond donors (Lipinski definition) is 0. The molecular formula is C6H2Cl6. The number of rotatable bonds is 0. The van der Waals surface area contributed by atoms with E-state index < -0.39 is 9.71 Å². The zero-order valence-corrected chi connectivity index (χ0v) is 9.96. The van der Waals surface area contributed by atoms with Gasteiger partial charge in [-0.3, -0.25) is 0 Å². The summed E-state index contributed by atoms with van der Waals surface area (Å²) in [6.45, 7) is 0.